The van der Waals surface area contributed by atoms with Crippen molar-refractivity contribution < 1.29 is 24.2 Å². The van der Waals surface area contributed by atoms with Crippen LogP contribution in [0.3, 0.4) is 0 Å². The van der Waals surface area contributed by atoms with Crippen LogP contribution in [0, 0.1) is 5.92 Å². The van der Waals surface area contributed by atoms with Gasteiger partial charge in [-0.3, -0.25) is 9.59 Å². The number of ketones is 1. The molecular weight excluding hydrogens is 226 g/mol. The van der Waals surface area contributed by atoms with E-state index in [1.54, 1.807) is 0 Å². The van der Waals surface area contributed by atoms with Crippen molar-refractivity contribution in [3.05, 3.63) is 0 Å². The monoisotopic (exact) mass is 245 g/mol. The third kappa shape index (κ3) is 9.50. The minimum atomic E-state index is -0.968. The number of carbonyl (C=O) groups excluding carboxylic acids is 2. The number of ether oxygens (including phenoxy) is 1. The molecule has 0 aromatic heterocycles. The van der Waals surface area contributed by atoms with Crippen molar-refractivity contribution >= 4 is 17.7 Å². The number of esters is 1. The Bertz CT molecular complexity index is 290. The maximum absolute atomic E-state index is 11.0. The van der Waals surface area contributed by atoms with E-state index >= 15 is 0 Å². The second-order valence-corrected chi connectivity index (χ2v) is 4.04. The molecule has 2 unspecified atom stereocenters. The highest BCUT2D eigenvalue weighted by molar-refractivity contribution is 5.81. The molecule has 1 rings (SSSR count). The number of nitrogens with two attached hydrogens (primary N) is 1. The van der Waals surface area contributed by atoms with E-state index in [0.29, 0.717) is 12.3 Å². The quantitative estimate of drug-likeness (QED) is 0.676. The van der Waals surface area contributed by atoms with Crippen LogP contribution in [-0.2, 0) is 19.1 Å². The first-order chi connectivity index (χ1) is 7.86. The number of rotatable bonds is 5. The van der Waals surface area contributed by atoms with Gasteiger partial charge in [-0.1, -0.05) is 6.92 Å². The molecule has 0 bridgehead atoms. The molecule has 1 fully saturated rings. The molecule has 3 N–H and O–H groups in total. The molecule has 0 heterocycles. The summed E-state index contributed by atoms with van der Waals surface area (Å²) in [5.41, 5.74) is 4.57. The molecule has 0 aliphatic heterocycles. The second kappa shape index (κ2) is 7.78. The van der Waals surface area contributed by atoms with Crippen LogP contribution in [0.1, 0.15) is 33.1 Å². The third-order valence-corrected chi connectivity index (χ3v) is 2.17. The van der Waals surface area contributed by atoms with Crippen LogP contribution >= 0.6 is 0 Å². The molecule has 0 spiro atoms. The molecule has 0 amide bonds. The van der Waals surface area contributed by atoms with Gasteiger partial charge < -0.3 is 20.4 Å². The number of carboxylic acids is 1. The van der Waals surface area contributed by atoms with Crippen molar-refractivity contribution in [2.75, 3.05) is 6.54 Å². The van der Waals surface area contributed by atoms with Crippen LogP contribution in [0.2, 0.25) is 0 Å². The summed E-state index contributed by atoms with van der Waals surface area (Å²) in [6.07, 6.45) is 1.65. The maximum atomic E-state index is 11.0. The largest absolute Gasteiger partial charge is 0.480 e. The first-order valence-corrected chi connectivity index (χ1v) is 5.47. The summed E-state index contributed by atoms with van der Waals surface area (Å²) in [4.78, 5) is 30.7. The normalized spacial score (nSPS) is 20.9. The topological polar surface area (TPSA) is 107 Å². The molecule has 1 aliphatic carbocycles. The number of carboxylic acid groups (broad SMARTS) is 1. The van der Waals surface area contributed by atoms with E-state index in [0.717, 1.165) is 6.42 Å². The Labute approximate surface area is 100 Å². The molecule has 0 aromatic carbocycles. The van der Waals surface area contributed by atoms with E-state index < -0.39 is 5.97 Å². The molecule has 6 nitrogen and oxygen atoms in total. The zero-order chi connectivity index (χ0) is 13.4. The molecule has 1 saturated carbocycles. The average molecular weight is 245 g/mol. The molecule has 1 aliphatic rings. The average Bonchev–Trinajstić information content (AvgIpc) is 2.92. The Morgan fingerprint density at radius 2 is 1.82 bits per heavy atom. The standard InChI is InChI=1S/C9H14O3.C2H5NO2/c1-6-5-8(6)12-9(11)4-3-7(2)10;3-1-2(4)5/h6,8H,3-5H2,1-2H3;1,3H2,(H,4,5). The van der Waals surface area contributed by atoms with Crippen molar-refractivity contribution in [2.45, 2.75) is 39.2 Å². The van der Waals surface area contributed by atoms with E-state index in [4.69, 9.17) is 9.84 Å². The first-order valence-electron chi connectivity index (χ1n) is 5.47. The van der Waals surface area contributed by atoms with Crippen molar-refractivity contribution in [3.63, 3.8) is 0 Å². The summed E-state index contributed by atoms with van der Waals surface area (Å²) in [6, 6.07) is 0. The molecule has 98 valence electrons. The fourth-order valence-corrected chi connectivity index (χ4v) is 0.958. The zero-order valence-electron chi connectivity index (χ0n) is 10.1. The van der Waals surface area contributed by atoms with Gasteiger partial charge in [-0.15, -0.1) is 0 Å². The lowest BCUT2D eigenvalue weighted by Gasteiger charge is -2.00. The van der Waals surface area contributed by atoms with Gasteiger partial charge in [0, 0.05) is 6.42 Å². The van der Waals surface area contributed by atoms with Crippen LogP contribution < -0.4 is 5.73 Å². The van der Waals surface area contributed by atoms with Gasteiger partial charge in [0.1, 0.15) is 11.9 Å². The Morgan fingerprint density at radius 3 is 2.12 bits per heavy atom. The molecular formula is C11H19NO5. The Balaban J connectivity index is 0.000000437. The number of Topliss-reactive ketones (excluding diaryl/α,β-unsaturated/α-hetero) is 1. The van der Waals surface area contributed by atoms with Crippen LogP contribution in [0.15, 0.2) is 0 Å². The summed E-state index contributed by atoms with van der Waals surface area (Å²) in [5.74, 6) is -0.647. The predicted molar refractivity (Wildman–Crippen MR) is 60.3 cm³/mol. The first kappa shape index (κ1) is 15.6. The molecule has 0 radical (unpaired) electrons. The number of hydrogen-bond acceptors (Lipinski definition) is 5. The Morgan fingerprint density at radius 1 is 1.35 bits per heavy atom. The minimum absolute atomic E-state index is 0.0378. The Hall–Kier alpha value is -1.43. The third-order valence-electron chi connectivity index (χ3n) is 2.17. The highest BCUT2D eigenvalue weighted by Crippen LogP contribution is 2.32. The van der Waals surface area contributed by atoms with Gasteiger partial charge in [-0.05, 0) is 19.3 Å². The molecule has 0 saturated heterocycles. The lowest BCUT2D eigenvalue weighted by Crippen LogP contribution is -2.10. The summed E-state index contributed by atoms with van der Waals surface area (Å²) in [5, 5.41) is 7.60. The van der Waals surface area contributed by atoms with Gasteiger partial charge in [-0.2, -0.15) is 0 Å². The minimum Gasteiger partial charge on any atom is -0.480 e. The molecule has 2 atom stereocenters. The van der Waals surface area contributed by atoms with Gasteiger partial charge in [-0.25, -0.2) is 0 Å². The lowest BCUT2D eigenvalue weighted by molar-refractivity contribution is -0.146. The molecule has 17 heavy (non-hydrogen) atoms. The van der Waals surface area contributed by atoms with Gasteiger partial charge in [0.15, 0.2) is 0 Å². The second-order valence-electron chi connectivity index (χ2n) is 4.04. The fourth-order valence-electron chi connectivity index (χ4n) is 0.958. The number of carbonyl (C=O) groups is 3. The van der Waals surface area contributed by atoms with Gasteiger partial charge in [0.25, 0.3) is 0 Å². The summed E-state index contributed by atoms with van der Waals surface area (Å²) < 4.78 is 5.03. The summed E-state index contributed by atoms with van der Waals surface area (Å²) >= 11 is 0. The van der Waals surface area contributed by atoms with Crippen molar-refractivity contribution in [2.24, 2.45) is 11.7 Å². The van der Waals surface area contributed by atoms with Crippen molar-refractivity contribution in [1.82, 2.24) is 0 Å². The molecule has 6 heteroatoms. The van der Waals surface area contributed by atoms with Gasteiger partial charge >= 0.3 is 11.9 Å². The predicted octanol–water partition coefficient (Wildman–Crippen LogP) is 0.337. The van der Waals surface area contributed by atoms with E-state index in [2.05, 4.69) is 5.73 Å². The van der Waals surface area contributed by atoms with Gasteiger partial charge in [0.05, 0.1) is 13.0 Å². The van der Waals surface area contributed by atoms with Crippen LogP contribution in [0.5, 0.6) is 0 Å². The number of aliphatic carboxylic acids is 1. The SMILES string of the molecule is CC(=O)CCC(=O)OC1CC1C.NCC(=O)O. The van der Waals surface area contributed by atoms with Crippen molar-refractivity contribution in [1.29, 1.82) is 0 Å². The van der Waals surface area contributed by atoms with Crippen LogP contribution in [-0.4, -0.2) is 35.5 Å². The van der Waals surface area contributed by atoms with E-state index in [-0.39, 0.29) is 30.8 Å². The highest BCUT2D eigenvalue weighted by Gasteiger charge is 2.36. The zero-order valence-corrected chi connectivity index (χ0v) is 10.1. The fraction of sp³-hybridized carbons (Fsp3) is 0.727. The van der Waals surface area contributed by atoms with E-state index in [1.807, 2.05) is 6.92 Å². The molecule has 0 aromatic rings. The van der Waals surface area contributed by atoms with Crippen LogP contribution in [0.4, 0.5) is 0 Å². The number of hydrogen-bond donors (Lipinski definition) is 2. The Kier molecular flexibility index (Phi) is 7.13. The summed E-state index contributed by atoms with van der Waals surface area (Å²) in [7, 11) is 0. The van der Waals surface area contributed by atoms with Gasteiger partial charge in [0.2, 0.25) is 0 Å². The van der Waals surface area contributed by atoms with Crippen molar-refractivity contribution in [3.8, 4) is 0 Å². The van der Waals surface area contributed by atoms with Crippen LogP contribution in [0.25, 0.3) is 0 Å². The maximum Gasteiger partial charge on any atom is 0.317 e. The lowest BCUT2D eigenvalue weighted by atomic mass is 10.2. The summed E-state index contributed by atoms with van der Waals surface area (Å²) in [6.45, 7) is 3.25. The highest BCUT2D eigenvalue weighted by atomic mass is 16.5. The van der Waals surface area contributed by atoms with E-state index in [9.17, 15) is 14.4 Å². The van der Waals surface area contributed by atoms with E-state index in [1.165, 1.54) is 6.92 Å². The smallest absolute Gasteiger partial charge is 0.317 e.